The van der Waals surface area contributed by atoms with E-state index in [9.17, 15) is 24.3 Å². The number of hydrogen-bond donors (Lipinski definition) is 1. The van der Waals surface area contributed by atoms with Crippen LogP contribution in [0, 0.1) is 17.1 Å². The quantitative estimate of drug-likeness (QED) is 0.549. The first-order valence-corrected chi connectivity index (χ1v) is 8.54. The fraction of sp³-hybridized carbons (Fsp3) is 0.300. The van der Waals surface area contributed by atoms with Gasteiger partial charge in [-0.15, -0.1) is 0 Å². The summed E-state index contributed by atoms with van der Waals surface area (Å²) in [4.78, 5) is 27.9. The number of methoxy groups -OCH3 is 1. The fourth-order valence-corrected chi connectivity index (χ4v) is 2.61. The van der Waals surface area contributed by atoms with Crippen molar-refractivity contribution >= 4 is 11.8 Å². The highest BCUT2D eigenvalue weighted by Crippen LogP contribution is 2.27. The van der Waals surface area contributed by atoms with E-state index in [1.54, 1.807) is 19.1 Å². The third-order valence-electron chi connectivity index (χ3n) is 3.95. The van der Waals surface area contributed by atoms with Gasteiger partial charge in [0.05, 0.1) is 25.7 Å². The molecule has 0 saturated heterocycles. The van der Waals surface area contributed by atoms with Crippen molar-refractivity contribution in [3.8, 4) is 17.6 Å². The summed E-state index contributed by atoms with van der Waals surface area (Å²) in [6.45, 7) is 1.84. The maximum absolute atomic E-state index is 14.2. The molecule has 1 aromatic heterocycles. The fourth-order valence-electron chi connectivity index (χ4n) is 2.61. The molecule has 8 heteroatoms. The molecule has 0 aliphatic heterocycles. The van der Waals surface area contributed by atoms with E-state index in [-0.39, 0.29) is 48.4 Å². The highest BCUT2D eigenvalue weighted by Gasteiger charge is 2.21. The van der Waals surface area contributed by atoms with Crippen molar-refractivity contribution in [3.05, 3.63) is 52.6 Å². The van der Waals surface area contributed by atoms with Gasteiger partial charge in [0.15, 0.2) is 11.5 Å². The van der Waals surface area contributed by atoms with E-state index in [1.165, 1.54) is 25.3 Å². The summed E-state index contributed by atoms with van der Waals surface area (Å²) in [5, 5.41) is 19.4. The van der Waals surface area contributed by atoms with Gasteiger partial charge in [-0.2, -0.15) is 5.26 Å². The number of benzene rings is 1. The van der Waals surface area contributed by atoms with Crippen LogP contribution in [0.15, 0.2) is 24.3 Å². The summed E-state index contributed by atoms with van der Waals surface area (Å²) in [6, 6.07) is 7.40. The summed E-state index contributed by atoms with van der Waals surface area (Å²) in [5.41, 5.74) is -0.0947. The molecule has 0 spiro atoms. The van der Waals surface area contributed by atoms with E-state index >= 15 is 0 Å². The second kappa shape index (κ2) is 9.46. The summed E-state index contributed by atoms with van der Waals surface area (Å²) < 4.78 is 24.1. The average Bonchev–Trinajstić information content (AvgIpc) is 2.68. The van der Waals surface area contributed by atoms with Gasteiger partial charge >= 0.3 is 5.97 Å². The van der Waals surface area contributed by atoms with Gasteiger partial charge in [0, 0.05) is 24.1 Å². The van der Waals surface area contributed by atoms with Crippen LogP contribution in [0.5, 0.6) is 11.5 Å². The minimum absolute atomic E-state index is 0.0526. The Labute approximate surface area is 161 Å². The molecule has 7 nitrogen and oxygen atoms in total. The van der Waals surface area contributed by atoms with Crippen molar-refractivity contribution < 1.29 is 28.6 Å². The molecule has 0 amide bonds. The van der Waals surface area contributed by atoms with E-state index < -0.39 is 23.3 Å². The number of ketones is 1. The Hall–Kier alpha value is -3.47. The number of carbonyl (C=O) groups excluding carboxylic acids is 2. The number of hydrogen-bond acceptors (Lipinski definition) is 7. The minimum Gasteiger partial charge on any atom is -0.504 e. The van der Waals surface area contributed by atoms with Gasteiger partial charge in [0.25, 0.3) is 0 Å². The molecule has 0 unspecified atom stereocenters. The zero-order chi connectivity index (χ0) is 20.7. The molecular weight excluding hydrogens is 367 g/mol. The number of pyridine rings is 1. The monoisotopic (exact) mass is 386 g/mol. The normalized spacial score (nSPS) is 10.2. The van der Waals surface area contributed by atoms with E-state index in [0.29, 0.717) is 5.75 Å². The van der Waals surface area contributed by atoms with Gasteiger partial charge in [-0.3, -0.25) is 9.59 Å². The first-order valence-electron chi connectivity index (χ1n) is 8.54. The van der Waals surface area contributed by atoms with Crippen LogP contribution in [0.2, 0.25) is 0 Å². The number of aromatic nitrogens is 1. The molecule has 0 bridgehead atoms. The van der Waals surface area contributed by atoms with Crippen LogP contribution in [0.4, 0.5) is 4.39 Å². The number of halogens is 1. The first-order chi connectivity index (χ1) is 13.4. The molecule has 28 heavy (non-hydrogen) atoms. The maximum Gasteiger partial charge on any atom is 0.306 e. The number of Topliss-reactive ketones (excluding diaryl/α,β-unsaturated/α-hetero) is 1. The molecule has 0 saturated carbocycles. The van der Waals surface area contributed by atoms with Crippen molar-refractivity contribution in [1.82, 2.24) is 4.98 Å². The van der Waals surface area contributed by atoms with Crippen LogP contribution in [0.25, 0.3) is 0 Å². The van der Waals surface area contributed by atoms with Crippen LogP contribution >= 0.6 is 0 Å². The van der Waals surface area contributed by atoms with Gasteiger partial charge < -0.3 is 14.6 Å². The average molecular weight is 386 g/mol. The Morgan fingerprint density at radius 3 is 2.71 bits per heavy atom. The minimum atomic E-state index is -0.621. The number of ether oxygens (including phenoxy) is 2. The molecule has 2 rings (SSSR count). The molecule has 1 heterocycles. The molecule has 0 aliphatic carbocycles. The van der Waals surface area contributed by atoms with Crippen molar-refractivity contribution in [2.75, 3.05) is 13.7 Å². The molecule has 1 aromatic carbocycles. The van der Waals surface area contributed by atoms with E-state index in [0.717, 1.165) is 0 Å². The van der Waals surface area contributed by atoms with Crippen LogP contribution in [0.3, 0.4) is 0 Å². The van der Waals surface area contributed by atoms with Crippen LogP contribution in [-0.2, 0) is 16.0 Å². The zero-order valence-corrected chi connectivity index (χ0v) is 15.5. The third-order valence-corrected chi connectivity index (χ3v) is 3.95. The SMILES string of the molecule is CCOC(=O)CCC(=O)c1nc(Cc2c(F)cccc2OC)cc(C#N)c1O. The number of carbonyl (C=O) groups is 2. The molecule has 146 valence electrons. The highest BCUT2D eigenvalue weighted by molar-refractivity contribution is 5.98. The smallest absolute Gasteiger partial charge is 0.306 e. The second-order valence-electron chi connectivity index (χ2n) is 5.80. The van der Waals surface area contributed by atoms with Gasteiger partial charge in [0.1, 0.15) is 23.3 Å². The van der Waals surface area contributed by atoms with Crippen LogP contribution < -0.4 is 4.74 Å². The molecule has 0 aliphatic rings. The lowest BCUT2D eigenvalue weighted by Gasteiger charge is -2.11. The molecule has 1 N–H and O–H groups in total. The number of rotatable bonds is 8. The van der Waals surface area contributed by atoms with Gasteiger partial charge in [-0.1, -0.05) is 6.07 Å². The number of nitriles is 1. The zero-order valence-electron chi connectivity index (χ0n) is 15.5. The maximum atomic E-state index is 14.2. The molecule has 0 fully saturated rings. The van der Waals surface area contributed by atoms with Crippen molar-refractivity contribution in [1.29, 1.82) is 5.26 Å². The predicted octanol–water partition coefficient (Wildman–Crippen LogP) is 2.92. The third kappa shape index (κ3) is 4.82. The van der Waals surface area contributed by atoms with Crippen molar-refractivity contribution in [2.45, 2.75) is 26.2 Å². The topological polar surface area (TPSA) is 110 Å². The van der Waals surface area contributed by atoms with Crippen LogP contribution in [-0.4, -0.2) is 35.6 Å². The summed E-state index contributed by atoms with van der Waals surface area (Å²) >= 11 is 0. The van der Waals surface area contributed by atoms with Gasteiger partial charge in [-0.25, -0.2) is 9.37 Å². The van der Waals surface area contributed by atoms with Gasteiger partial charge in [0.2, 0.25) is 0 Å². The van der Waals surface area contributed by atoms with Gasteiger partial charge in [-0.05, 0) is 25.1 Å². The van der Waals surface area contributed by atoms with E-state index in [4.69, 9.17) is 9.47 Å². The molecule has 0 radical (unpaired) electrons. The van der Waals surface area contributed by atoms with E-state index in [1.807, 2.05) is 0 Å². The Bertz CT molecular complexity index is 937. The lowest BCUT2D eigenvalue weighted by Crippen LogP contribution is -2.11. The Balaban J connectivity index is 2.36. The Morgan fingerprint density at radius 1 is 1.32 bits per heavy atom. The second-order valence-corrected chi connectivity index (χ2v) is 5.80. The lowest BCUT2D eigenvalue weighted by atomic mass is 10.0. The first kappa shape index (κ1) is 20.8. The van der Waals surface area contributed by atoms with Crippen molar-refractivity contribution in [3.63, 3.8) is 0 Å². The van der Waals surface area contributed by atoms with E-state index in [2.05, 4.69) is 4.98 Å². The number of esters is 1. The van der Waals surface area contributed by atoms with Crippen LogP contribution in [0.1, 0.15) is 47.1 Å². The van der Waals surface area contributed by atoms with Crippen molar-refractivity contribution in [2.24, 2.45) is 0 Å². The molecule has 0 atom stereocenters. The number of aromatic hydroxyl groups is 1. The summed E-state index contributed by atoms with van der Waals surface area (Å²) in [5.74, 6) is -1.97. The number of nitrogens with zero attached hydrogens (tertiary/aromatic N) is 2. The lowest BCUT2D eigenvalue weighted by molar-refractivity contribution is -0.143. The molecule has 2 aromatic rings. The Kier molecular flexibility index (Phi) is 7.04. The summed E-state index contributed by atoms with van der Waals surface area (Å²) in [7, 11) is 1.40. The summed E-state index contributed by atoms with van der Waals surface area (Å²) in [6.07, 6.45) is -0.471. The molecular formula is C20H19FN2O5. The largest absolute Gasteiger partial charge is 0.504 e. The Morgan fingerprint density at radius 2 is 2.07 bits per heavy atom. The highest BCUT2D eigenvalue weighted by atomic mass is 19.1. The predicted molar refractivity (Wildman–Crippen MR) is 96.6 cm³/mol. The standard InChI is InChI=1S/C20H19FN2O5/c1-3-28-18(25)8-7-16(24)19-20(26)12(11-22)9-13(23-19)10-14-15(21)5-4-6-17(14)27-2/h4-6,9,26H,3,7-8,10H2,1-2H3.